The number of hydrogen-bond donors (Lipinski definition) is 0. The summed E-state index contributed by atoms with van der Waals surface area (Å²) >= 11 is 3.54. The smallest absolute Gasteiger partial charge is 0.302 e. The van der Waals surface area contributed by atoms with Crippen LogP contribution in [0.2, 0.25) is 0 Å². The number of carbonyl (C=O) groups excluding carboxylic acids is 3. The summed E-state index contributed by atoms with van der Waals surface area (Å²) in [6.07, 6.45) is -0.304. The summed E-state index contributed by atoms with van der Waals surface area (Å²) < 4.78 is 10.5. The maximum atomic E-state index is 12.1. The van der Waals surface area contributed by atoms with Crippen molar-refractivity contribution in [1.82, 2.24) is 0 Å². The third kappa shape index (κ3) is 2.08. The molecule has 0 heterocycles. The molecule has 0 aliphatic heterocycles. The Hall–Kier alpha value is -0.910. The minimum atomic E-state index is -0.574. The minimum absolute atomic E-state index is 0.0130. The van der Waals surface area contributed by atoms with Crippen molar-refractivity contribution in [1.29, 1.82) is 0 Å². The molecule has 6 unspecified atom stereocenters. The number of Topliss-reactive ketones (excluding diaryl/α,β-unsaturated/α-hetero) is 1. The van der Waals surface area contributed by atoms with E-state index < -0.39 is 5.41 Å². The van der Waals surface area contributed by atoms with E-state index in [1.807, 2.05) is 6.92 Å². The van der Waals surface area contributed by atoms with E-state index >= 15 is 0 Å². The maximum absolute atomic E-state index is 12.1. The molecule has 5 nitrogen and oxygen atoms in total. The summed E-state index contributed by atoms with van der Waals surface area (Å²) in [6.45, 7) is 6.40. The predicted molar refractivity (Wildman–Crippen MR) is 74.2 cm³/mol. The molecular formula is C14H19BrO5. The van der Waals surface area contributed by atoms with Crippen molar-refractivity contribution in [3.8, 4) is 0 Å². The Morgan fingerprint density at radius 2 is 1.75 bits per heavy atom. The molecule has 0 saturated heterocycles. The lowest BCUT2D eigenvalue weighted by Gasteiger charge is -2.28. The quantitative estimate of drug-likeness (QED) is 0.572. The van der Waals surface area contributed by atoms with Crippen molar-refractivity contribution in [2.45, 2.75) is 38.6 Å². The van der Waals surface area contributed by atoms with Crippen LogP contribution in [0, 0.1) is 23.2 Å². The van der Waals surface area contributed by atoms with Gasteiger partial charge in [0.1, 0.15) is 11.9 Å². The molecule has 2 saturated carbocycles. The van der Waals surface area contributed by atoms with E-state index in [0.29, 0.717) is 0 Å². The third-order valence-electron chi connectivity index (χ3n) is 4.71. The van der Waals surface area contributed by atoms with E-state index in [2.05, 4.69) is 15.9 Å². The third-order valence-corrected chi connectivity index (χ3v) is 6.04. The molecule has 0 radical (unpaired) electrons. The molecule has 20 heavy (non-hydrogen) atoms. The molecule has 0 aromatic heterocycles. The number of fused-ring (bicyclic) bond motifs is 1. The summed E-state index contributed by atoms with van der Waals surface area (Å²) in [5, 5.41) is 0. The van der Waals surface area contributed by atoms with Crippen molar-refractivity contribution in [3.63, 3.8) is 0 Å². The van der Waals surface area contributed by atoms with E-state index in [-0.39, 0.29) is 53.0 Å². The highest BCUT2D eigenvalue weighted by atomic mass is 79.9. The van der Waals surface area contributed by atoms with Crippen LogP contribution in [0.3, 0.4) is 0 Å². The highest BCUT2D eigenvalue weighted by molar-refractivity contribution is 9.09. The molecule has 6 heteroatoms. The SMILES string of the molecule is CC(=O)OCC1C(C)C(OC(C)=O)C2C(Br)C12C(C)=O. The first-order chi connectivity index (χ1) is 9.24. The van der Waals surface area contributed by atoms with Crippen molar-refractivity contribution >= 4 is 33.7 Å². The average molecular weight is 347 g/mol. The molecule has 0 amide bonds. The standard InChI is InChI=1S/C14H19BrO5/c1-6-10(5-19-8(3)17)14(7(2)16)11(13(14)15)12(6)20-9(4)18/h6,10-13H,5H2,1-4H3. The van der Waals surface area contributed by atoms with Crippen LogP contribution in [-0.4, -0.2) is 35.3 Å². The van der Waals surface area contributed by atoms with E-state index in [1.165, 1.54) is 13.8 Å². The zero-order valence-corrected chi connectivity index (χ0v) is 13.6. The van der Waals surface area contributed by atoms with Gasteiger partial charge in [-0.1, -0.05) is 22.9 Å². The number of ether oxygens (including phenoxy) is 2. The largest absolute Gasteiger partial charge is 0.466 e. The highest BCUT2D eigenvalue weighted by Gasteiger charge is 2.80. The van der Waals surface area contributed by atoms with Crippen LogP contribution in [0.4, 0.5) is 0 Å². The summed E-state index contributed by atoms with van der Waals surface area (Å²) in [5.74, 6) is -0.819. The molecule has 0 aromatic carbocycles. The number of ketones is 1. The second-order valence-corrected chi connectivity index (χ2v) is 6.75. The first-order valence-electron chi connectivity index (χ1n) is 6.70. The van der Waals surface area contributed by atoms with E-state index in [0.717, 1.165) is 0 Å². The Morgan fingerprint density at radius 1 is 1.15 bits per heavy atom. The van der Waals surface area contributed by atoms with Crippen LogP contribution in [0.15, 0.2) is 0 Å². The van der Waals surface area contributed by atoms with Crippen LogP contribution in [0.1, 0.15) is 27.7 Å². The van der Waals surface area contributed by atoms with Crippen LogP contribution in [0.25, 0.3) is 0 Å². The van der Waals surface area contributed by atoms with E-state index in [1.54, 1.807) is 6.92 Å². The number of halogens is 1. The first-order valence-corrected chi connectivity index (χ1v) is 7.61. The molecule has 2 fully saturated rings. The molecule has 0 N–H and O–H groups in total. The fraction of sp³-hybridized carbons (Fsp3) is 0.786. The van der Waals surface area contributed by atoms with Crippen molar-refractivity contribution in [2.75, 3.05) is 6.61 Å². The van der Waals surface area contributed by atoms with Crippen molar-refractivity contribution in [3.05, 3.63) is 0 Å². The normalized spacial score (nSPS) is 41.8. The minimum Gasteiger partial charge on any atom is -0.466 e. The zero-order chi connectivity index (χ0) is 15.2. The Labute approximate surface area is 126 Å². The molecule has 0 aromatic rings. The number of alkyl halides is 1. The van der Waals surface area contributed by atoms with Crippen molar-refractivity contribution < 1.29 is 23.9 Å². The Balaban J connectivity index is 2.26. The first kappa shape index (κ1) is 15.5. The fourth-order valence-electron chi connectivity index (χ4n) is 3.83. The predicted octanol–water partition coefficient (Wildman–Crippen LogP) is 1.72. The van der Waals surface area contributed by atoms with Gasteiger partial charge >= 0.3 is 11.9 Å². The Bertz CT molecular complexity index is 462. The molecule has 0 bridgehead atoms. The molecule has 2 rings (SSSR count). The summed E-state index contributed by atoms with van der Waals surface area (Å²) in [7, 11) is 0. The van der Waals surface area contributed by atoms with Gasteiger partial charge in [0.2, 0.25) is 0 Å². The second-order valence-electron chi connectivity index (χ2n) is 5.76. The van der Waals surface area contributed by atoms with E-state index in [9.17, 15) is 14.4 Å². The molecule has 6 atom stereocenters. The number of esters is 2. The number of rotatable bonds is 4. The second kappa shape index (κ2) is 5.13. The lowest BCUT2D eigenvalue weighted by atomic mass is 9.82. The van der Waals surface area contributed by atoms with Gasteiger partial charge in [-0.3, -0.25) is 14.4 Å². The lowest BCUT2D eigenvalue weighted by molar-refractivity contribution is -0.151. The molecule has 0 spiro atoms. The zero-order valence-electron chi connectivity index (χ0n) is 12.0. The van der Waals surface area contributed by atoms with Crippen molar-refractivity contribution in [2.24, 2.45) is 23.2 Å². The Morgan fingerprint density at radius 3 is 2.20 bits per heavy atom. The van der Waals surface area contributed by atoms with Gasteiger partial charge in [0, 0.05) is 36.4 Å². The summed E-state index contributed by atoms with van der Waals surface area (Å²) in [5.41, 5.74) is -0.574. The fourth-order valence-corrected chi connectivity index (χ4v) is 5.38. The van der Waals surface area contributed by atoms with Crippen LogP contribution < -0.4 is 0 Å². The van der Waals surface area contributed by atoms with E-state index in [4.69, 9.17) is 9.47 Å². The topological polar surface area (TPSA) is 69.7 Å². The maximum Gasteiger partial charge on any atom is 0.302 e. The summed E-state index contributed by atoms with van der Waals surface area (Å²) in [6, 6.07) is 0. The van der Waals surface area contributed by atoms with Gasteiger partial charge in [-0.05, 0) is 6.92 Å². The molecular weight excluding hydrogens is 328 g/mol. The van der Waals surface area contributed by atoms with Crippen LogP contribution in [-0.2, 0) is 23.9 Å². The molecule has 112 valence electrons. The van der Waals surface area contributed by atoms with Gasteiger partial charge in [-0.25, -0.2) is 0 Å². The van der Waals surface area contributed by atoms with Crippen LogP contribution >= 0.6 is 15.9 Å². The van der Waals surface area contributed by atoms with Gasteiger partial charge in [0.05, 0.1) is 12.0 Å². The van der Waals surface area contributed by atoms with Gasteiger partial charge in [0.15, 0.2) is 0 Å². The number of carbonyl (C=O) groups is 3. The number of hydrogen-bond acceptors (Lipinski definition) is 5. The Kier molecular flexibility index (Phi) is 3.97. The lowest BCUT2D eigenvalue weighted by Crippen LogP contribution is -2.35. The average Bonchev–Trinajstić information content (AvgIpc) is 2.83. The van der Waals surface area contributed by atoms with Crippen LogP contribution in [0.5, 0.6) is 0 Å². The van der Waals surface area contributed by atoms with Gasteiger partial charge < -0.3 is 9.47 Å². The monoisotopic (exact) mass is 346 g/mol. The molecule has 2 aliphatic carbocycles. The van der Waals surface area contributed by atoms with Gasteiger partial charge in [0.25, 0.3) is 0 Å². The van der Waals surface area contributed by atoms with Gasteiger partial charge in [-0.15, -0.1) is 0 Å². The summed E-state index contributed by atoms with van der Waals surface area (Å²) in [4.78, 5) is 34.4. The highest BCUT2D eigenvalue weighted by Crippen LogP contribution is 2.72. The molecule has 2 aliphatic rings. The van der Waals surface area contributed by atoms with Gasteiger partial charge in [-0.2, -0.15) is 0 Å².